The zero-order chi connectivity index (χ0) is 12.1. The molecule has 1 rings (SSSR count). The van der Waals surface area contributed by atoms with Crippen LogP contribution in [0.4, 0.5) is 4.39 Å². The van der Waals surface area contributed by atoms with Gasteiger partial charge in [0.1, 0.15) is 11.7 Å². The Kier molecular flexibility index (Phi) is 4.43. The number of hydrogen-bond acceptors (Lipinski definition) is 2. The van der Waals surface area contributed by atoms with Crippen LogP contribution in [0.1, 0.15) is 24.5 Å². The van der Waals surface area contributed by atoms with Gasteiger partial charge < -0.3 is 10.6 Å². The van der Waals surface area contributed by atoms with Crippen molar-refractivity contribution in [3.8, 4) is 0 Å². The van der Waals surface area contributed by atoms with Gasteiger partial charge in [-0.1, -0.05) is 6.92 Å². The fraction of sp³-hybridized carbons (Fsp3) is 0.417. The fourth-order valence-electron chi connectivity index (χ4n) is 1.67. The van der Waals surface area contributed by atoms with E-state index >= 15 is 0 Å². The number of nitrogens with one attached hydrogen (secondary N) is 1. The maximum atomic E-state index is 13.3. The molecule has 0 aliphatic heterocycles. The minimum absolute atomic E-state index is 0.0982. The highest BCUT2D eigenvalue weighted by Crippen LogP contribution is 2.11. The molecule has 88 valence electrons. The lowest BCUT2D eigenvalue weighted by atomic mass is 10.1. The minimum Gasteiger partial charge on any atom is -0.384 e. The van der Waals surface area contributed by atoms with Gasteiger partial charge in [-0.3, -0.25) is 5.41 Å². The summed E-state index contributed by atoms with van der Waals surface area (Å²) in [6.45, 7) is 3.74. The van der Waals surface area contributed by atoms with Crippen LogP contribution >= 0.6 is 0 Å². The molecule has 0 unspecified atom stereocenters. The third kappa shape index (κ3) is 3.62. The van der Waals surface area contributed by atoms with Crippen molar-refractivity contribution in [3.05, 3.63) is 35.1 Å². The molecule has 0 aliphatic carbocycles. The summed E-state index contributed by atoms with van der Waals surface area (Å²) >= 11 is 0. The van der Waals surface area contributed by atoms with Crippen molar-refractivity contribution in [1.82, 2.24) is 4.90 Å². The molecule has 0 spiro atoms. The molecule has 0 atom stereocenters. The van der Waals surface area contributed by atoms with Crippen LogP contribution < -0.4 is 5.73 Å². The van der Waals surface area contributed by atoms with Crippen LogP contribution in [0.15, 0.2) is 18.2 Å². The summed E-state index contributed by atoms with van der Waals surface area (Å²) in [5.74, 6) is -0.438. The van der Waals surface area contributed by atoms with E-state index in [-0.39, 0.29) is 11.7 Å². The first-order valence-electron chi connectivity index (χ1n) is 5.35. The molecule has 0 saturated carbocycles. The maximum Gasteiger partial charge on any atom is 0.124 e. The van der Waals surface area contributed by atoms with Crippen LogP contribution in [0.25, 0.3) is 0 Å². The standard InChI is InChI=1S/C12H18FN3/c1-3-4-16(2)8-9-5-10(12(14)15)7-11(13)6-9/h5-7H,3-4,8H2,1-2H3,(H3,14,15). The molecule has 16 heavy (non-hydrogen) atoms. The highest BCUT2D eigenvalue weighted by molar-refractivity contribution is 5.95. The molecule has 0 amide bonds. The van der Waals surface area contributed by atoms with Gasteiger partial charge in [0.25, 0.3) is 0 Å². The predicted molar refractivity (Wildman–Crippen MR) is 64.0 cm³/mol. The molecule has 0 aliphatic rings. The summed E-state index contributed by atoms with van der Waals surface area (Å²) in [4.78, 5) is 2.11. The Labute approximate surface area is 95.6 Å². The van der Waals surface area contributed by atoms with E-state index in [2.05, 4.69) is 11.8 Å². The maximum absolute atomic E-state index is 13.3. The molecule has 0 saturated heterocycles. The number of rotatable bonds is 5. The number of nitrogen functional groups attached to an aromatic ring is 1. The average molecular weight is 223 g/mol. The highest BCUT2D eigenvalue weighted by atomic mass is 19.1. The Morgan fingerprint density at radius 2 is 2.12 bits per heavy atom. The Balaban J connectivity index is 2.84. The van der Waals surface area contributed by atoms with Crippen molar-refractivity contribution < 1.29 is 4.39 Å². The van der Waals surface area contributed by atoms with Crippen LogP contribution in [-0.4, -0.2) is 24.3 Å². The van der Waals surface area contributed by atoms with Crippen molar-refractivity contribution in [1.29, 1.82) is 5.41 Å². The smallest absolute Gasteiger partial charge is 0.124 e. The van der Waals surface area contributed by atoms with E-state index in [1.165, 1.54) is 12.1 Å². The van der Waals surface area contributed by atoms with E-state index < -0.39 is 0 Å². The molecular weight excluding hydrogens is 205 g/mol. The molecule has 0 heterocycles. The average Bonchev–Trinajstić information content (AvgIpc) is 2.16. The molecule has 1 aromatic carbocycles. The molecule has 3 nitrogen and oxygen atoms in total. The van der Waals surface area contributed by atoms with Crippen molar-refractivity contribution in [2.75, 3.05) is 13.6 Å². The molecule has 0 fully saturated rings. The largest absolute Gasteiger partial charge is 0.384 e. The zero-order valence-electron chi connectivity index (χ0n) is 9.76. The number of nitrogens with zero attached hydrogens (tertiary/aromatic N) is 1. The molecule has 0 aromatic heterocycles. The number of halogens is 1. The van der Waals surface area contributed by atoms with Crippen LogP contribution in [0.2, 0.25) is 0 Å². The zero-order valence-corrected chi connectivity index (χ0v) is 9.76. The quantitative estimate of drug-likeness (QED) is 0.592. The topological polar surface area (TPSA) is 53.1 Å². The van der Waals surface area contributed by atoms with Gasteiger partial charge in [0.2, 0.25) is 0 Å². The summed E-state index contributed by atoms with van der Waals surface area (Å²) in [6.07, 6.45) is 1.06. The number of benzene rings is 1. The van der Waals surface area contributed by atoms with Gasteiger partial charge in [0.05, 0.1) is 0 Å². The molecule has 0 bridgehead atoms. The lowest BCUT2D eigenvalue weighted by Gasteiger charge is -2.16. The summed E-state index contributed by atoms with van der Waals surface area (Å²) in [5, 5.41) is 7.29. The van der Waals surface area contributed by atoms with Crippen LogP contribution in [0.5, 0.6) is 0 Å². The molecule has 1 aromatic rings. The summed E-state index contributed by atoms with van der Waals surface area (Å²) in [5.41, 5.74) is 6.64. The van der Waals surface area contributed by atoms with E-state index in [0.717, 1.165) is 18.5 Å². The Morgan fingerprint density at radius 3 is 2.69 bits per heavy atom. The number of nitrogens with two attached hydrogens (primary N) is 1. The van der Waals surface area contributed by atoms with Gasteiger partial charge in [-0.05, 0) is 43.8 Å². The summed E-state index contributed by atoms with van der Waals surface area (Å²) in [7, 11) is 1.99. The van der Waals surface area contributed by atoms with E-state index in [4.69, 9.17) is 11.1 Å². The SMILES string of the molecule is CCCN(C)Cc1cc(F)cc(C(=N)N)c1. The first-order chi connectivity index (χ1) is 7.52. The molecular formula is C12H18FN3. The minimum atomic E-state index is -0.340. The van der Waals surface area contributed by atoms with Gasteiger partial charge >= 0.3 is 0 Å². The molecule has 3 N–H and O–H groups in total. The van der Waals surface area contributed by atoms with Gasteiger partial charge in [-0.2, -0.15) is 0 Å². The monoisotopic (exact) mass is 223 g/mol. The Hall–Kier alpha value is -1.42. The predicted octanol–water partition coefficient (Wildman–Crippen LogP) is 1.95. The lowest BCUT2D eigenvalue weighted by molar-refractivity contribution is 0.327. The second-order valence-electron chi connectivity index (χ2n) is 4.00. The van der Waals surface area contributed by atoms with Crippen LogP contribution in [0, 0.1) is 11.2 Å². The van der Waals surface area contributed by atoms with Crippen LogP contribution in [0.3, 0.4) is 0 Å². The molecule has 4 heteroatoms. The number of amidine groups is 1. The second-order valence-corrected chi connectivity index (χ2v) is 4.00. The van der Waals surface area contributed by atoms with Crippen molar-refractivity contribution in [2.24, 2.45) is 5.73 Å². The first kappa shape index (κ1) is 12.6. The third-order valence-electron chi connectivity index (χ3n) is 2.33. The summed E-state index contributed by atoms with van der Waals surface area (Å²) in [6, 6.07) is 4.53. The lowest BCUT2D eigenvalue weighted by Crippen LogP contribution is -2.19. The van der Waals surface area contributed by atoms with Gasteiger partial charge in [-0.15, -0.1) is 0 Å². The normalized spacial score (nSPS) is 10.8. The van der Waals surface area contributed by atoms with Gasteiger partial charge in [0, 0.05) is 12.1 Å². The van der Waals surface area contributed by atoms with Crippen LogP contribution in [-0.2, 0) is 6.54 Å². The van der Waals surface area contributed by atoms with Crippen molar-refractivity contribution in [3.63, 3.8) is 0 Å². The Bertz CT molecular complexity index is 377. The summed E-state index contributed by atoms with van der Waals surface area (Å²) < 4.78 is 13.3. The highest BCUT2D eigenvalue weighted by Gasteiger charge is 2.05. The molecule has 0 radical (unpaired) electrons. The van der Waals surface area contributed by atoms with E-state index in [9.17, 15) is 4.39 Å². The van der Waals surface area contributed by atoms with E-state index in [1.807, 2.05) is 7.05 Å². The number of hydrogen-bond donors (Lipinski definition) is 2. The second kappa shape index (κ2) is 5.61. The van der Waals surface area contributed by atoms with E-state index in [0.29, 0.717) is 12.1 Å². The van der Waals surface area contributed by atoms with Gasteiger partial charge in [-0.25, -0.2) is 4.39 Å². The third-order valence-corrected chi connectivity index (χ3v) is 2.33. The van der Waals surface area contributed by atoms with Gasteiger partial charge in [0.15, 0.2) is 0 Å². The Morgan fingerprint density at radius 1 is 1.44 bits per heavy atom. The fourth-order valence-corrected chi connectivity index (χ4v) is 1.67. The van der Waals surface area contributed by atoms with Crippen molar-refractivity contribution >= 4 is 5.84 Å². The first-order valence-corrected chi connectivity index (χ1v) is 5.35. The van der Waals surface area contributed by atoms with E-state index in [1.54, 1.807) is 6.07 Å². The van der Waals surface area contributed by atoms with Crippen molar-refractivity contribution in [2.45, 2.75) is 19.9 Å².